The van der Waals surface area contributed by atoms with Gasteiger partial charge in [0.2, 0.25) is 5.91 Å². The molecule has 0 bridgehead atoms. The number of alkyl halides is 8. The second-order valence-corrected chi connectivity index (χ2v) is 15.2. The molecule has 0 saturated carbocycles. The number of benzene rings is 2. The van der Waals surface area contributed by atoms with Gasteiger partial charge in [0.05, 0.1) is 29.3 Å². The second-order valence-electron chi connectivity index (χ2n) is 14.0. The summed E-state index contributed by atoms with van der Waals surface area (Å²) in [5, 5.41) is 17.8. The van der Waals surface area contributed by atoms with Gasteiger partial charge >= 0.3 is 25.0 Å². The number of aliphatic hydroxyl groups is 1. The Hall–Kier alpha value is -4.23. The average molecular weight is 942 g/mol. The number of ether oxygens (including phenoxy) is 1. The molecule has 0 saturated heterocycles. The van der Waals surface area contributed by atoms with Crippen LogP contribution in [0, 0.1) is 26.0 Å². The number of nitrogens with zero attached hydrogens (tertiary/aromatic N) is 3. The van der Waals surface area contributed by atoms with Crippen molar-refractivity contribution in [1.82, 2.24) is 25.5 Å². The third-order valence-electron chi connectivity index (χ3n) is 9.08. The maximum Gasteiger partial charge on any atom is 0.405 e. The zero-order valence-corrected chi connectivity index (χ0v) is 32.5. The maximum absolute atomic E-state index is 15.6. The molecule has 1 aromatic heterocycles. The van der Waals surface area contributed by atoms with Crippen LogP contribution in [-0.2, 0) is 27.3 Å². The van der Waals surface area contributed by atoms with Gasteiger partial charge < -0.3 is 26.6 Å². The van der Waals surface area contributed by atoms with Gasteiger partial charge in [-0.25, -0.2) is 23.3 Å². The summed E-state index contributed by atoms with van der Waals surface area (Å²) < 4.78 is 146. The first kappa shape index (κ1) is 47.1. The van der Waals surface area contributed by atoms with Crippen LogP contribution >= 0.6 is 22.6 Å². The largest absolute Gasteiger partial charge is 0.435 e. The van der Waals surface area contributed by atoms with Crippen molar-refractivity contribution < 1.29 is 68.1 Å². The lowest BCUT2D eigenvalue weighted by atomic mass is 9.83. The molecule has 4 atom stereocenters. The highest BCUT2D eigenvalue weighted by Gasteiger charge is 2.57. The normalized spacial score (nSPS) is 14.9. The molecule has 0 aliphatic rings. The molecule has 23 heteroatoms. The van der Waals surface area contributed by atoms with E-state index in [-0.39, 0.29) is 22.4 Å². The average Bonchev–Trinajstić information content (AvgIpc) is 3.59. The number of carbonyl (C=O) groups is 3. The molecular formula is C34H38F10IN7O5. The lowest BCUT2D eigenvalue weighted by molar-refractivity contribution is -0.239. The first-order valence-electron chi connectivity index (χ1n) is 16.5. The van der Waals surface area contributed by atoms with Crippen LogP contribution in [0.1, 0.15) is 45.4 Å². The number of hydrazine groups is 1. The number of hydrogen-bond acceptors (Lipinski definition) is 8. The van der Waals surface area contributed by atoms with Gasteiger partial charge in [0.1, 0.15) is 17.0 Å². The Bertz CT molecular complexity index is 1870. The number of aromatic nitrogens is 2. The molecular weight excluding hydrogens is 903 g/mol. The monoisotopic (exact) mass is 941 g/mol. The summed E-state index contributed by atoms with van der Waals surface area (Å²) in [5.41, 5.74) is 5.50. The quantitative estimate of drug-likeness (QED) is 0.0689. The van der Waals surface area contributed by atoms with Gasteiger partial charge in [-0.3, -0.25) is 15.0 Å². The molecule has 0 radical (unpaired) electrons. The molecule has 7 N–H and O–H groups in total. The number of hydrogen-bond donors (Lipinski definition) is 5. The summed E-state index contributed by atoms with van der Waals surface area (Å²) in [6, 6.07) is 4.83. The van der Waals surface area contributed by atoms with E-state index >= 15 is 8.78 Å². The van der Waals surface area contributed by atoms with Crippen molar-refractivity contribution in [3.8, 4) is 11.3 Å². The number of carbonyl (C=O) groups excluding carboxylic acids is 3. The summed E-state index contributed by atoms with van der Waals surface area (Å²) >= 11 is 1.97. The first-order valence-corrected chi connectivity index (χ1v) is 17.6. The fourth-order valence-corrected chi connectivity index (χ4v) is 5.50. The molecule has 0 aliphatic heterocycles. The summed E-state index contributed by atoms with van der Waals surface area (Å²) in [6.07, 6.45) is -16.3. The molecule has 0 spiro atoms. The Kier molecular flexibility index (Phi) is 15.0. The summed E-state index contributed by atoms with van der Waals surface area (Å²) in [6.45, 7) is -2.96. The van der Waals surface area contributed by atoms with Crippen molar-refractivity contribution in [3.05, 3.63) is 75.0 Å². The smallest absolute Gasteiger partial charge is 0.405 e. The molecule has 0 unspecified atom stereocenters. The Morgan fingerprint density at radius 3 is 1.95 bits per heavy atom. The SMILES string of the molecule is CC(C)([C@H](N)C(=O)N[C@@H](Cc1ccc(I)cc1)[C@@H](O)CN(Cc1c(F)cc(-c2ccn(C(F)F)n2)cc1F)NC(=O)[C@@H](OC(N)=O)C(C)(C)C(F)(F)F)C(F)(F)F. The Balaban J connectivity index is 2.09. The lowest BCUT2D eigenvalue weighted by Gasteiger charge is -2.37. The molecule has 57 heavy (non-hydrogen) atoms. The van der Waals surface area contributed by atoms with Gasteiger partial charge in [0, 0.05) is 34.0 Å². The van der Waals surface area contributed by atoms with E-state index in [4.69, 9.17) is 11.5 Å². The number of halogens is 11. The number of primary amides is 1. The van der Waals surface area contributed by atoms with Crippen LogP contribution in [0.15, 0.2) is 48.7 Å². The van der Waals surface area contributed by atoms with Gasteiger partial charge in [-0.1, -0.05) is 12.1 Å². The highest BCUT2D eigenvalue weighted by molar-refractivity contribution is 14.1. The fourth-order valence-electron chi connectivity index (χ4n) is 5.14. The molecule has 12 nitrogen and oxygen atoms in total. The minimum Gasteiger partial charge on any atom is -0.435 e. The third-order valence-corrected chi connectivity index (χ3v) is 9.80. The Labute approximate surface area is 332 Å². The number of rotatable bonds is 16. The zero-order chi connectivity index (χ0) is 43.4. The maximum atomic E-state index is 15.6. The minimum atomic E-state index is -5.23. The van der Waals surface area contributed by atoms with Crippen LogP contribution in [0.3, 0.4) is 0 Å². The van der Waals surface area contributed by atoms with Crippen molar-refractivity contribution in [2.75, 3.05) is 6.54 Å². The van der Waals surface area contributed by atoms with Crippen LogP contribution in [0.25, 0.3) is 11.3 Å². The number of aliphatic hydroxyl groups excluding tert-OH is 1. The number of nitrogens with two attached hydrogens (primary N) is 2. The highest BCUT2D eigenvalue weighted by atomic mass is 127. The van der Waals surface area contributed by atoms with Crippen molar-refractivity contribution in [3.63, 3.8) is 0 Å². The predicted octanol–water partition coefficient (Wildman–Crippen LogP) is 5.72. The summed E-state index contributed by atoms with van der Waals surface area (Å²) in [4.78, 5) is 38.3. The lowest BCUT2D eigenvalue weighted by Crippen LogP contribution is -2.61. The van der Waals surface area contributed by atoms with E-state index < -0.39 is 102 Å². The van der Waals surface area contributed by atoms with E-state index in [1.165, 1.54) is 12.1 Å². The highest BCUT2D eigenvalue weighted by Crippen LogP contribution is 2.42. The first-order chi connectivity index (χ1) is 26.1. The minimum absolute atomic E-state index is 0.202. The van der Waals surface area contributed by atoms with Crippen molar-refractivity contribution in [2.24, 2.45) is 22.3 Å². The second kappa shape index (κ2) is 18.1. The Morgan fingerprint density at radius 2 is 1.47 bits per heavy atom. The van der Waals surface area contributed by atoms with Crippen LogP contribution in [-0.4, -0.2) is 81.0 Å². The van der Waals surface area contributed by atoms with Gasteiger partial charge in [-0.2, -0.15) is 40.2 Å². The van der Waals surface area contributed by atoms with Gasteiger partial charge in [0.15, 0.2) is 6.10 Å². The molecule has 3 amide bonds. The summed E-state index contributed by atoms with van der Waals surface area (Å²) in [5.74, 6) is -5.94. The van der Waals surface area contributed by atoms with Crippen molar-refractivity contribution >= 4 is 40.5 Å². The summed E-state index contributed by atoms with van der Waals surface area (Å²) in [7, 11) is 0. The van der Waals surface area contributed by atoms with E-state index in [1.807, 2.05) is 28.0 Å². The number of amides is 3. The van der Waals surface area contributed by atoms with Crippen LogP contribution in [0.5, 0.6) is 0 Å². The topological polar surface area (TPSA) is 178 Å². The molecule has 2 aromatic carbocycles. The van der Waals surface area contributed by atoms with Crippen LogP contribution in [0.2, 0.25) is 0 Å². The fraction of sp³-hybridized carbons (Fsp3) is 0.471. The number of nitrogens with one attached hydrogen (secondary N) is 2. The molecule has 0 aliphatic carbocycles. The molecule has 0 fully saturated rings. The van der Waals surface area contributed by atoms with E-state index in [1.54, 1.807) is 12.1 Å². The van der Waals surface area contributed by atoms with E-state index in [9.17, 15) is 54.6 Å². The van der Waals surface area contributed by atoms with E-state index in [0.717, 1.165) is 15.8 Å². The van der Waals surface area contributed by atoms with Gasteiger partial charge in [-0.05, 0) is 92.6 Å². The molecule has 3 rings (SSSR count). The van der Waals surface area contributed by atoms with Crippen LogP contribution < -0.4 is 22.2 Å². The van der Waals surface area contributed by atoms with Crippen molar-refractivity contribution in [2.45, 2.75) is 83.9 Å². The van der Waals surface area contributed by atoms with E-state index in [2.05, 4.69) is 15.2 Å². The van der Waals surface area contributed by atoms with Gasteiger partial charge in [-0.15, -0.1) is 0 Å². The Morgan fingerprint density at radius 1 is 0.930 bits per heavy atom. The molecule has 3 aromatic rings. The van der Waals surface area contributed by atoms with Gasteiger partial charge in [0.25, 0.3) is 5.91 Å². The van der Waals surface area contributed by atoms with Crippen molar-refractivity contribution in [1.29, 1.82) is 0 Å². The van der Waals surface area contributed by atoms with Crippen LogP contribution in [0.4, 0.5) is 48.7 Å². The molecule has 316 valence electrons. The standard InChI is InChI=1S/C34H38F10IN7O5/c1-31(2,33(39,40)41)25(46)27(54)48-23(11-16-5-7-18(45)8-6-16)24(53)15-51(50-28(55)26(57-30(47)56)32(3,4)34(42,43)44)14-19-20(35)12-17(13-21(19)36)22-9-10-52(49-22)29(37)38/h5-10,12-13,23-26,29,53H,11,14-15,46H2,1-4H3,(H2,47,56)(H,48,54)(H,50,55)/t23-,24-,25+,26+/m0/s1. The third kappa shape index (κ3) is 11.7. The zero-order valence-electron chi connectivity index (χ0n) is 30.4. The molecule has 1 heterocycles. The van der Waals surface area contributed by atoms with E-state index in [0.29, 0.717) is 50.4 Å². The predicted molar refractivity (Wildman–Crippen MR) is 190 cm³/mol.